The number of halogens is 2. The van der Waals surface area contributed by atoms with E-state index in [1.54, 1.807) is 36.4 Å². The van der Waals surface area contributed by atoms with Gasteiger partial charge in [0, 0.05) is 41.0 Å². The lowest BCUT2D eigenvalue weighted by molar-refractivity contribution is 0.102. The number of carbonyl (C=O) groups is 2. The van der Waals surface area contributed by atoms with Crippen molar-refractivity contribution in [3.63, 3.8) is 0 Å². The summed E-state index contributed by atoms with van der Waals surface area (Å²) in [5.74, 6) is -1.02. The van der Waals surface area contributed by atoms with Crippen LogP contribution in [0.2, 0.25) is 0 Å². The molecule has 1 fully saturated rings. The van der Waals surface area contributed by atoms with E-state index in [0.717, 1.165) is 42.8 Å². The lowest BCUT2D eigenvalue weighted by Crippen LogP contribution is -2.28. The molecule has 3 N–H and O–H groups in total. The summed E-state index contributed by atoms with van der Waals surface area (Å²) >= 11 is 3.36. The van der Waals surface area contributed by atoms with Crippen LogP contribution in [0.15, 0.2) is 71.2 Å². The number of nitrogens with zero attached hydrogens (tertiary/aromatic N) is 2. The van der Waals surface area contributed by atoms with Crippen LogP contribution in [0, 0.1) is 0 Å². The monoisotopic (exact) mass is 558 g/mol. The maximum Gasteiger partial charge on any atom is 0.257 e. The highest BCUT2D eigenvalue weighted by Crippen LogP contribution is 2.29. The van der Waals surface area contributed by atoms with E-state index >= 15 is 0 Å². The highest BCUT2D eigenvalue weighted by molar-refractivity contribution is 9.10. The van der Waals surface area contributed by atoms with Crippen molar-refractivity contribution in [3.8, 4) is 5.75 Å². The van der Waals surface area contributed by atoms with Crippen LogP contribution in [0.3, 0.4) is 0 Å². The van der Waals surface area contributed by atoms with Gasteiger partial charge in [-0.15, -0.1) is 12.4 Å². The molecule has 3 aromatic rings. The number of aromatic hydroxyl groups is 1. The van der Waals surface area contributed by atoms with Gasteiger partial charge in [0.15, 0.2) is 0 Å². The van der Waals surface area contributed by atoms with Gasteiger partial charge in [0.25, 0.3) is 11.8 Å². The molecule has 0 radical (unpaired) electrons. The second kappa shape index (κ2) is 12.1. The summed E-state index contributed by atoms with van der Waals surface area (Å²) < 4.78 is 0.894. The average Bonchev–Trinajstić information content (AvgIpc) is 3.06. The van der Waals surface area contributed by atoms with Gasteiger partial charge in [-0.05, 0) is 80.7 Å². The maximum absolute atomic E-state index is 12.9. The van der Waals surface area contributed by atoms with E-state index in [-0.39, 0.29) is 29.4 Å². The van der Waals surface area contributed by atoms with Crippen molar-refractivity contribution in [2.75, 3.05) is 48.8 Å². The zero-order valence-electron chi connectivity index (χ0n) is 19.3. The molecule has 0 aliphatic carbocycles. The molecule has 35 heavy (non-hydrogen) atoms. The Hall–Kier alpha value is -3.07. The van der Waals surface area contributed by atoms with Crippen molar-refractivity contribution in [1.82, 2.24) is 4.90 Å². The highest BCUT2D eigenvalue weighted by Gasteiger charge is 2.19. The zero-order valence-corrected chi connectivity index (χ0v) is 21.7. The Labute approximate surface area is 219 Å². The molecule has 4 rings (SSSR count). The van der Waals surface area contributed by atoms with E-state index in [1.807, 2.05) is 24.3 Å². The smallest absolute Gasteiger partial charge is 0.257 e. The first-order valence-electron chi connectivity index (χ1n) is 11.1. The minimum absolute atomic E-state index is 0. The van der Waals surface area contributed by atoms with Crippen LogP contribution in [0.25, 0.3) is 0 Å². The van der Waals surface area contributed by atoms with Crippen molar-refractivity contribution in [2.45, 2.75) is 6.42 Å². The number of nitrogens with one attached hydrogen (secondary N) is 2. The normalized spacial score (nSPS) is 13.9. The van der Waals surface area contributed by atoms with E-state index in [0.29, 0.717) is 11.3 Å². The third-order valence-corrected chi connectivity index (χ3v) is 6.37. The van der Waals surface area contributed by atoms with E-state index in [1.165, 1.54) is 6.07 Å². The lowest BCUT2D eigenvalue weighted by atomic mass is 10.1. The first-order valence-corrected chi connectivity index (χ1v) is 11.9. The third-order valence-electron chi connectivity index (χ3n) is 5.84. The number of hydrogen-bond donors (Lipinski definition) is 3. The maximum atomic E-state index is 12.9. The quantitative estimate of drug-likeness (QED) is 0.373. The summed E-state index contributed by atoms with van der Waals surface area (Å²) in [6, 6.07) is 19.1. The molecule has 3 aromatic carbocycles. The molecular weight excluding hydrogens is 532 g/mol. The number of benzene rings is 3. The van der Waals surface area contributed by atoms with Crippen LogP contribution < -0.4 is 15.5 Å². The first kappa shape index (κ1) is 26.5. The summed E-state index contributed by atoms with van der Waals surface area (Å²) in [6.07, 6.45) is 1.09. The molecule has 1 aliphatic rings. The van der Waals surface area contributed by atoms with E-state index in [2.05, 4.69) is 43.4 Å². The Bertz CT molecular complexity index is 1170. The summed E-state index contributed by atoms with van der Waals surface area (Å²) in [6.45, 7) is 4.00. The lowest BCUT2D eigenvalue weighted by Gasteiger charge is -2.23. The number of hydrogen-bond acceptors (Lipinski definition) is 5. The standard InChI is InChI=1S/C26H27BrN4O3.ClH/c1-30-14-3-15-31(17-16-30)21-12-6-18(7-13-21)25(33)29-24-22(4-2-5-23(24)32)26(34)28-20-10-8-19(27)9-11-20;/h2,4-13,32H,3,14-17H2,1H3,(H,28,34)(H,29,33);1H. The number of amides is 2. The molecule has 0 aromatic heterocycles. The number of rotatable bonds is 5. The summed E-state index contributed by atoms with van der Waals surface area (Å²) in [4.78, 5) is 30.4. The molecule has 0 bridgehead atoms. The van der Waals surface area contributed by atoms with Gasteiger partial charge in [0.2, 0.25) is 0 Å². The van der Waals surface area contributed by atoms with Crippen LogP contribution in [0.4, 0.5) is 17.1 Å². The van der Waals surface area contributed by atoms with E-state index < -0.39 is 11.8 Å². The fourth-order valence-corrected chi connectivity index (χ4v) is 4.17. The topological polar surface area (TPSA) is 84.9 Å². The van der Waals surface area contributed by atoms with Gasteiger partial charge in [-0.25, -0.2) is 0 Å². The van der Waals surface area contributed by atoms with Crippen molar-refractivity contribution in [2.24, 2.45) is 0 Å². The predicted molar refractivity (Wildman–Crippen MR) is 146 cm³/mol. The molecule has 1 saturated heterocycles. The molecule has 1 aliphatic heterocycles. The molecule has 7 nitrogen and oxygen atoms in total. The number of phenolic OH excluding ortho intramolecular Hbond substituents is 1. The van der Waals surface area contributed by atoms with E-state index in [9.17, 15) is 14.7 Å². The number of anilines is 3. The van der Waals surface area contributed by atoms with Gasteiger partial charge < -0.3 is 25.5 Å². The average molecular weight is 560 g/mol. The van der Waals surface area contributed by atoms with Crippen molar-refractivity contribution in [3.05, 3.63) is 82.3 Å². The van der Waals surface area contributed by atoms with Crippen LogP contribution in [-0.2, 0) is 0 Å². The van der Waals surface area contributed by atoms with Gasteiger partial charge in [0.1, 0.15) is 5.75 Å². The molecule has 184 valence electrons. The van der Waals surface area contributed by atoms with Crippen LogP contribution in [-0.4, -0.2) is 55.0 Å². The summed E-state index contributed by atoms with van der Waals surface area (Å²) in [7, 11) is 2.13. The number of phenols is 1. The fourth-order valence-electron chi connectivity index (χ4n) is 3.91. The van der Waals surface area contributed by atoms with Gasteiger partial charge in [-0.3, -0.25) is 9.59 Å². The van der Waals surface area contributed by atoms with Gasteiger partial charge in [-0.2, -0.15) is 0 Å². The number of carbonyl (C=O) groups excluding carboxylic acids is 2. The minimum atomic E-state index is -0.435. The highest BCUT2D eigenvalue weighted by atomic mass is 79.9. The SMILES string of the molecule is CN1CCCN(c2ccc(C(=O)Nc3c(O)cccc3C(=O)Nc3ccc(Br)cc3)cc2)CC1.Cl. The Morgan fingerprint density at radius 3 is 2.29 bits per heavy atom. The number of likely N-dealkylation sites (N-methyl/N-ethyl adjacent to an activating group) is 1. The zero-order chi connectivity index (χ0) is 24.1. The molecule has 9 heteroatoms. The Morgan fingerprint density at radius 1 is 0.857 bits per heavy atom. The van der Waals surface area contributed by atoms with Crippen LogP contribution >= 0.6 is 28.3 Å². The van der Waals surface area contributed by atoms with Crippen molar-refractivity contribution in [1.29, 1.82) is 0 Å². The first-order chi connectivity index (χ1) is 16.4. The van der Waals surface area contributed by atoms with Crippen molar-refractivity contribution < 1.29 is 14.7 Å². The summed E-state index contributed by atoms with van der Waals surface area (Å²) in [5, 5.41) is 15.9. The van der Waals surface area contributed by atoms with Crippen molar-refractivity contribution >= 4 is 57.2 Å². The van der Waals surface area contributed by atoms with Gasteiger partial charge in [0.05, 0.1) is 11.3 Å². The molecule has 2 amide bonds. The minimum Gasteiger partial charge on any atom is -0.506 e. The molecule has 0 spiro atoms. The molecule has 0 atom stereocenters. The molecule has 0 unspecified atom stereocenters. The second-order valence-electron chi connectivity index (χ2n) is 8.31. The predicted octanol–water partition coefficient (Wildman–Crippen LogP) is 5.22. The largest absolute Gasteiger partial charge is 0.506 e. The molecule has 0 saturated carbocycles. The Balaban J connectivity index is 0.00000342. The molecule has 1 heterocycles. The third kappa shape index (κ3) is 6.75. The second-order valence-corrected chi connectivity index (χ2v) is 9.22. The Kier molecular flexibility index (Phi) is 9.14. The van der Waals surface area contributed by atoms with Gasteiger partial charge >= 0.3 is 0 Å². The fraction of sp³-hybridized carbons (Fsp3) is 0.231. The Morgan fingerprint density at radius 2 is 1.57 bits per heavy atom. The van der Waals surface area contributed by atoms with Crippen LogP contribution in [0.5, 0.6) is 5.75 Å². The number of para-hydroxylation sites is 1. The molecular formula is C26H28BrClN4O3. The summed E-state index contributed by atoms with van der Waals surface area (Å²) in [5.41, 5.74) is 2.36. The van der Waals surface area contributed by atoms with E-state index in [4.69, 9.17) is 0 Å². The van der Waals surface area contributed by atoms with Gasteiger partial charge in [-0.1, -0.05) is 22.0 Å². The van der Waals surface area contributed by atoms with Crippen LogP contribution in [0.1, 0.15) is 27.1 Å².